The SMILES string of the molecule is Cc1c(-c2ccccn2)cnc(N2CCCC(F)(F)CC2)c1C(=O)Nc1cccc([S@@](C)(=O)=NC(=O)CNC(=O)OC(C)(C)C)c1. The number of nitrogens with zero attached hydrogens (tertiary/aromatic N) is 4. The number of hydrogen-bond acceptors (Lipinski definition) is 8. The van der Waals surface area contributed by atoms with E-state index in [1.54, 1.807) is 69.3 Å². The molecule has 3 heterocycles. The van der Waals surface area contributed by atoms with E-state index in [4.69, 9.17) is 4.74 Å². The number of benzene rings is 1. The molecule has 1 fully saturated rings. The Labute approximate surface area is 267 Å². The molecule has 1 saturated heterocycles. The molecule has 1 atom stereocenters. The fourth-order valence-electron chi connectivity index (χ4n) is 4.90. The van der Waals surface area contributed by atoms with Crippen molar-refractivity contribution in [1.29, 1.82) is 0 Å². The number of anilines is 2. The molecular weight excluding hydrogens is 618 g/mol. The molecule has 2 N–H and O–H groups in total. The summed E-state index contributed by atoms with van der Waals surface area (Å²) in [6, 6.07) is 11.4. The third kappa shape index (κ3) is 9.05. The summed E-state index contributed by atoms with van der Waals surface area (Å²) in [6.07, 6.45) is 3.30. The van der Waals surface area contributed by atoms with Crippen LogP contribution in [0.2, 0.25) is 0 Å². The van der Waals surface area contributed by atoms with Crippen LogP contribution in [-0.2, 0) is 19.3 Å². The van der Waals surface area contributed by atoms with Crippen LogP contribution in [0.3, 0.4) is 0 Å². The maximum absolute atomic E-state index is 14.2. The van der Waals surface area contributed by atoms with Gasteiger partial charge in [0.05, 0.1) is 21.0 Å². The number of hydrogen-bond donors (Lipinski definition) is 2. The molecule has 11 nitrogen and oxygen atoms in total. The third-order valence-corrected chi connectivity index (χ3v) is 8.77. The van der Waals surface area contributed by atoms with Crippen LogP contribution in [0, 0.1) is 6.92 Å². The first-order valence-electron chi connectivity index (χ1n) is 14.7. The van der Waals surface area contributed by atoms with Gasteiger partial charge in [-0.25, -0.2) is 22.8 Å². The summed E-state index contributed by atoms with van der Waals surface area (Å²) in [5, 5.41) is 5.10. The molecule has 3 aromatic rings. The number of carbonyl (C=O) groups excluding carboxylic acids is 3. The van der Waals surface area contributed by atoms with E-state index in [0.717, 1.165) is 0 Å². The van der Waals surface area contributed by atoms with E-state index in [2.05, 4.69) is 25.0 Å². The van der Waals surface area contributed by atoms with Gasteiger partial charge in [-0.2, -0.15) is 4.36 Å². The number of rotatable bonds is 7. The van der Waals surface area contributed by atoms with Crippen LogP contribution in [0.25, 0.3) is 11.3 Å². The maximum Gasteiger partial charge on any atom is 0.408 e. The fourth-order valence-corrected chi connectivity index (χ4v) is 6.14. The highest BCUT2D eigenvalue weighted by molar-refractivity contribution is 7.93. The number of aromatic nitrogens is 2. The van der Waals surface area contributed by atoms with E-state index in [1.165, 1.54) is 18.4 Å². The highest BCUT2D eigenvalue weighted by Gasteiger charge is 2.34. The number of pyridine rings is 2. The van der Waals surface area contributed by atoms with Crippen molar-refractivity contribution >= 4 is 39.1 Å². The summed E-state index contributed by atoms with van der Waals surface area (Å²) in [5.41, 5.74) is 1.47. The topological polar surface area (TPSA) is 143 Å². The first-order chi connectivity index (χ1) is 21.5. The van der Waals surface area contributed by atoms with E-state index >= 15 is 0 Å². The van der Waals surface area contributed by atoms with E-state index in [9.17, 15) is 27.4 Å². The molecule has 1 aliphatic heterocycles. The van der Waals surface area contributed by atoms with Gasteiger partial charge in [-0.05, 0) is 70.0 Å². The Morgan fingerprint density at radius 2 is 1.85 bits per heavy atom. The molecule has 0 unspecified atom stereocenters. The predicted molar refractivity (Wildman–Crippen MR) is 172 cm³/mol. The molecule has 246 valence electrons. The molecule has 14 heteroatoms. The Hall–Kier alpha value is -4.46. The second kappa shape index (κ2) is 13.9. The molecule has 0 saturated carbocycles. The summed E-state index contributed by atoms with van der Waals surface area (Å²) in [6.45, 7) is 6.59. The van der Waals surface area contributed by atoms with Crippen molar-refractivity contribution in [2.75, 3.05) is 36.1 Å². The van der Waals surface area contributed by atoms with Crippen molar-refractivity contribution in [1.82, 2.24) is 15.3 Å². The van der Waals surface area contributed by atoms with Crippen LogP contribution in [0.1, 0.15) is 56.0 Å². The number of nitrogens with one attached hydrogen (secondary N) is 2. The maximum atomic E-state index is 14.2. The lowest BCUT2D eigenvalue weighted by atomic mass is 10.0. The van der Waals surface area contributed by atoms with Gasteiger partial charge in [-0.1, -0.05) is 12.1 Å². The summed E-state index contributed by atoms with van der Waals surface area (Å²) < 4.78 is 50.8. The number of amides is 3. The Morgan fingerprint density at radius 1 is 1.09 bits per heavy atom. The van der Waals surface area contributed by atoms with Crippen molar-refractivity contribution < 1.29 is 32.1 Å². The number of alkyl carbamates (subject to hydrolysis) is 1. The molecule has 0 aliphatic carbocycles. The molecule has 0 radical (unpaired) electrons. The molecule has 1 aliphatic rings. The lowest BCUT2D eigenvalue weighted by molar-refractivity contribution is -0.116. The minimum absolute atomic E-state index is 0.0222. The lowest BCUT2D eigenvalue weighted by Crippen LogP contribution is -2.35. The van der Waals surface area contributed by atoms with Crippen LogP contribution in [0.4, 0.5) is 25.1 Å². The van der Waals surface area contributed by atoms with Crippen LogP contribution < -0.4 is 15.5 Å². The first-order valence-corrected chi connectivity index (χ1v) is 16.6. The second-order valence-electron chi connectivity index (χ2n) is 12.0. The zero-order chi connectivity index (χ0) is 33.7. The average Bonchev–Trinajstić information content (AvgIpc) is 3.15. The predicted octanol–water partition coefficient (Wildman–Crippen LogP) is 5.84. The van der Waals surface area contributed by atoms with E-state index in [-0.39, 0.29) is 47.8 Å². The molecule has 0 spiro atoms. The zero-order valence-corrected chi connectivity index (χ0v) is 27.2. The zero-order valence-electron chi connectivity index (χ0n) is 26.4. The van der Waals surface area contributed by atoms with Crippen LogP contribution in [0.5, 0.6) is 0 Å². The molecular formula is C32H38F2N6O5S. The van der Waals surface area contributed by atoms with E-state index < -0.39 is 45.7 Å². The molecule has 4 rings (SSSR count). The number of ether oxygens (including phenoxy) is 1. The molecule has 0 bridgehead atoms. The van der Waals surface area contributed by atoms with Crippen LogP contribution in [0.15, 0.2) is 64.1 Å². The van der Waals surface area contributed by atoms with Gasteiger partial charge in [-0.3, -0.25) is 14.6 Å². The average molecular weight is 657 g/mol. The van der Waals surface area contributed by atoms with Gasteiger partial charge >= 0.3 is 6.09 Å². The first kappa shape index (κ1) is 34.4. The Balaban J connectivity index is 1.62. The Morgan fingerprint density at radius 3 is 2.54 bits per heavy atom. The van der Waals surface area contributed by atoms with Gasteiger partial charge in [-0.15, -0.1) is 0 Å². The smallest absolute Gasteiger partial charge is 0.408 e. The quantitative estimate of drug-likeness (QED) is 0.323. The molecule has 2 aromatic heterocycles. The van der Waals surface area contributed by atoms with Crippen molar-refractivity contribution in [2.24, 2.45) is 4.36 Å². The van der Waals surface area contributed by atoms with Crippen molar-refractivity contribution in [2.45, 2.75) is 63.4 Å². The summed E-state index contributed by atoms with van der Waals surface area (Å²) in [7, 11) is -3.27. The van der Waals surface area contributed by atoms with E-state index in [1.807, 2.05) is 6.07 Å². The highest BCUT2D eigenvalue weighted by Crippen LogP contribution is 2.34. The van der Waals surface area contributed by atoms with Gasteiger partial charge < -0.3 is 20.3 Å². The molecule has 3 amide bonds. The summed E-state index contributed by atoms with van der Waals surface area (Å²) in [4.78, 5) is 49.1. The van der Waals surface area contributed by atoms with Gasteiger partial charge in [0.1, 0.15) is 18.0 Å². The standard InChI is InChI=1S/C32H38F2N6O5S/c1-21-24(25-12-6-7-15-35-25)19-36-28(40-16-9-13-32(33,34)14-17-40)27(21)29(42)38-22-10-8-11-23(18-22)46(5,44)39-26(41)20-37-30(43)45-31(2,3)4/h6-8,10-12,15,18-19H,9,13-14,16-17,20H2,1-5H3,(H,37,43)(H,38,42)/t46-/m1/s1. The van der Waals surface area contributed by atoms with E-state index in [0.29, 0.717) is 23.4 Å². The van der Waals surface area contributed by atoms with Crippen LogP contribution in [-0.4, -0.2) is 69.5 Å². The second-order valence-corrected chi connectivity index (χ2v) is 14.3. The van der Waals surface area contributed by atoms with Crippen molar-refractivity contribution in [3.8, 4) is 11.3 Å². The monoisotopic (exact) mass is 656 g/mol. The minimum atomic E-state index is -3.27. The van der Waals surface area contributed by atoms with Gasteiger partial charge in [0.2, 0.25) is 5.92 Å². The van der Waals surface area contributed by atoms with Crippen molar-refractivity contribution in [3.05, 3.63) is 66.0 Å². The molecule has 1 aromatic carbocycles. The Bertz CT molecular complexity index is 1740. The van der Waals surface area contributed by atoms with Crippen LogP contribution >= 0.6 is 0 Å². The number of alkyl halides is 2. The molecule has 46 heavy (non-hydrogen) atoms. The number of halogens is 2. The fraction of sp³-hybridized carbons (Fsp3) is 0.406. The highest BCUT2D eigenvalue weighted by atomic mass is 32.2. The Kier molecular flexibility index (Phi) is 10.4. The van der Waals surface area contributed by atoms with Gasteiger partial charge in [0.15, 0.2) is 0 Å². The van der Waals surface area contributed by atoms with Gasteiger partial charge in [0.25, 0.3) is 11.8 Å². The largest absolute Gasteiger partial charge is 0.444 e. The van der Waals surface area contributed by atoms with Gasteiger partial charge in [0, 0.05) is 60.7 Å². The minimum Gasteiger partial charge on any atom is -0.444 e. The normalized spacial score (nSPS) is 16.0. The lowest BCUT2D eigenvalue weighted by Gasteiger charge is -2.26. The summed E-state index contributed by atoms with van der Waals surface area (Å²) in [5.74, 6) is -3.90. The summed E-state index contributed by atoms with van der Waals surface area (Å²) >= 11 is 0. The third-order valence-electron chi connectivity index (χ3n) is 7.09. The van der Waals surface area contributed by atoms with Crippen molar-refractivity contribution in [3.63, 3.8) is 0 Å². The number of carbonyl (C=O) groups is 3.